The van der Waals surface area contributed by atoms with Crippen molar-refractivity contribution in [3.8, 4) is 0 Å². The normalized spacial score (nSPS) is 40.4. The molecule has 12 nitrogen and oxygen atoms in total. The predicted octanol–water partition coefficient (Wildman–Crippen LogP) is 3.33. The van der Waals surface area contributed by atoms with E-state index in [0.29, 0.717) is 0 Å². The molecule has 0 unspecified atom stereocenters. The first kappa shape index (κ1) is 35.8. The molecule has 0 aromatic heterocycles. The van der Waals surface area contributed by atoms with Crippen LogP contribution < -0.4 is 0 Å². The van der Waals surface area contributed by atoms with E-state index in [2.05, 4.69) is 0 Å². The highest BCUT2D eigenvalue weighted by Crippen LogP contribution is 2.76. The Balaban J connectivity index is 2.17. The molecule has 258 valence electrons. The van der Waals surface area contributed by atoms with E-state index in [1.807, 2.05) is 13.8 Å². The summed E-state index contributed by atoms with van der Waals surface area (Å²) in [6.45, 7) is 15.5. The minimum Gasteiger partial charge on any atom is -0.465 e. The summed E-state index contributed by atoms with van der Waals surface area (Å²) in [5, 5.41) is 12.7. The molecule has 0 aliphatic heterocycles. The Hall–Kier alpha value is -3.02. The van der Waals surface area contributed by atoms with Crippen molar-refractivity contribution in [3.63, 3.8) is 0 Å². The van der Waals surface area contributed by atoms with Crippen molar-refractivity contribution >= 4 is 35.6 Å². The van der Waals surface area contributed by atoms with Gasteiger partial charge in [0.25, 0.3) is 0 Å². The molecular weight excluding hydrogens is 600 g/mol. The number of fused-ring (bicyclic) bond motifs is 4. The number of carbonyl (C=O) groups is 6. The maximum Gasteiger partial charge on any atom is 0.308 e. The van der Waals surface area contributed by atoms with Crippen LogP contribution in [0.1, 0.15) is 94.9 Å². The summed E-state index contributed by atoms with van der Waals surface area (Å²) in [7, 11) is 0. The van der Waals surface area contributed by atoms with Crippen molar-refractivity contribution in [3.05, 3.63) is 0 Å². The van der Waals surface area contributed by atoms with E-state index in [1.54, 1.807) is 34.6 Å². The Kier molecular flexibility index (Phi) is 9.51. The van der Waals surface area contributed by atoms with Crippen molar-refractivity contribution in [1.82, 2.24) is 0 Å². The van der Waals surface area contributed by atoms with Crippen LogP contribution in [0.5, 0.6) is 0 Å². The molecule has 0 aromatic carbocycles. The quantitative estimate of drug-likeness (QED) is 0.286. The van der Waals surface area contributed by atoms with E-state index >= 15 is 4.79 Å². The molecule has 0 amide bonds. The first-order chi connectivity index (χ1) is 21.2. The van der Waals surface area contributed by atoms with Crippen LogP contribution in [0, 0.1) is 46.3 Å². The number of rotatable bonds is 9. The highest BCUT2D eigenvalue weighted by molar-refractivity contribution is 5.98. The zero-order chi connectivity index (χ0) is 34.7. The Morgan fingerprint density at radius 3 is 2.04 bits per heavy atom. The van der Waals surface area contributed by atoms with Gasteiger partial charge in [-0.25, -0.2) is 0 Å². The summed E-state index contributed by atoms with van der Waals surface area (Å²) < 4.78 is 30.3. The molecule has 4 aliphatic carbocycles. The molecule has 0 radical (unpaired) electrons. The minimum atomic E-state index is -2.32. The average Bonchev–Trinajstić information content (AvgIpc) is 3.40. The fourth-order valence-corrected chi connectivity index (χ4v) is 9.25. The molecule has 12 heteroatoms. The van der Waals surface area contributed by atoms with Gasteiger partial charge in [-0.05, 0) is 42.9 Å². The lowest BCUT2D eigenvalue weighted by Crippen LogP contribution is -2.66. The summed E-state index contributed by atoms with van der Waals surface area (Å²) in [6, 6.07) is 0. The first-order valence-electron chi connectivity index (χ1n) is 16.4. The third kappa shape index (κ3) is 5.52. The Morgan fingerprint density at radius 2 is 1.52 bits per heavy atom. The molecule has 0 bridgehead atoms. The topological polar surface area (TPSA) is 169 Å². The largest absolute Gasteiger partial charge is 0.465 e. The number of Topliss-reactive ketones (excluding diaryl/α,β-unsaturated/α-hetero) is 1. The van der Waals surface area contributed by atoms with Crippen molar-refractivity contribution in [2.75, 3.05) is 6.61 Å². The molecule has 1 N–H and O–H groups in total. The van der Waals surface area contributed by atoms with E-state index in [9.17, 15) is 29.1 Å². The molecule has 4 rings (SSSR count). The van der Waals surface area contributed by atoms with Crippen LogP contribution in [0.25, 0.3) is 0 Å². The zero-order valence-electron chi connectivity index (χ0n) is 28.7. The Bertz CT molecular complexity index is 1290. The maximum atomic E-state index is 15.1. The molecule has 4 saturated carbocycles. The third-order valence-corrected chi connectivity index (χ3v) is 11.2. The summed E-state index contributed by atoms with van der Waals surface area (Å²) >= 11 is 0. The van der Waals surface area contributed by atoms with E-state index in [1.165, 1.54) is 13.8 Å². The van der Waals surface area contributed by atoms with Gasteiger partial charge in [-0.3, -0.25) is 28.8 Å². The summed E-state index contributed by atoms with van der Waals surface area (Å²) in [6.07, 6.45) is -3.67. The number of ether oxygens (including phenoxy) is 5. The van der Waals surface area contributed by atoms with Gasteiger partial charge in [0.15, 0.2) is 5.60 Å². The van der Waals surface area contributed by atoms with E-state index in [-0.39, 0.29) is 37.5 Å². The molecule has 0 spiro atoms. The first-order valence-corrected chi connectivity index (χ1v) is 16.4. The SMILES string of the molecule is CCC(=O)OC[C@@]12[C@@H](OC(C)=O)C[C@H]3[C@@H]([C@H]1[C@](C)(OC(C)=O)C(=O)[C@@]1(O)C[C@H](C)[C@H](OC(=O)CC)[C@@H]1[C@H]2OC(=O)C(C)C)C3(C)C. The van der Waals surface area contributed by atoms with Gasteiger partial charge in [0.05, 0.1) is 17.3 Å². The smallest absolute Gasteiger partial charge is 0.308 e. The summed E-state index contributed by atoms with van der Waals surface area (Å²) in [4.78, 5) is 80.2. The van der Waals surface area contributed by atoms with Crippen LogP contribution in [0.15, 0.2) is 0 Å². The van der Waals surface area contributed by atoms with Gasteiger partial charge in [0, 0.05) is 32.6 Å². The van der Waals surface area contributed by atoms with Gasteiger partial charge < -0.3 is 28.8 Å². The summed E-state index contributed by atoms with van der Waals surface area (Å²) in [5.74, 6) is -8.38. The lowest BCUT2D eigenvalue weighted by molar-refractivity contribution is -0.240. The van der Waals surface area contributed by atoms with E-state index < -0.39 is 106 Å². The molecule has 0 saturated heterocycles. The second kappa shape index (κ2) is 12.2. The van der Waals surface area contributed by atoms with Gasteiger partial charge in [0.1, 0.15) is 30.5 Å². The standard InChI is InChI=1S/C34H50O12/c1-11-22(37)42-15-33-21(43-18(6)35)13-20-24(31(20,8)9)27(33)32(10,46-19(7)36)30(40)34(41)14-17(5)26(44-23(38)12-2)25(34)28(33)45-29(39)16(3)4/h16-17,20-21,24-28,41H,11-15H2,1-10H3/t17-,20-,21-,24-,25+,26-,27-,28+,32-,33+,34+/m0/s1. The molecule has 46 heavy (non-hydrogen) atoms. The van der Waals surface area contributed by atoms with Crippen LogP contribution in [0.4, 0.5) is 0 Å². The molecule has 0 aromatic rings. The van der Waals surface area contributed by atoms with Gasteiger partial charge in [-0.2, -0.15) is 0 Å². The highest BCUT2D eigenvalue weighted by Gasteiger charge is 2.84. The second-order valence-corrected chi connectivity index (χ2v) is 14.9. The van der Waals surface area contributed by atoms with Gasteiger partial charge >= 0.3 is 29.8 Å². The number of hydrogen-bond acceptors (Lipinski definition) is 12. The fourth-order valence-electron chi connectivity index (χ4n) is 9.25. The van der Waals surface area contributed by atoms with Gasteiger partial charge in [-0.1, -0.05) is 48.5 Å². The third-order valence-electron chi connectivity index (χ3n) is 11.2. The van der Waals surface area contributed by atoms with Crippen molar-refractivity contribution in [1.29, 1.82) is 0 Å². The predicted molar refractivity (Wildman–Crippen MR) is 160 cm³/mol. The highest BCUT2D eigenvalue weighted by atomic mass is 16.6. The number of aliphatic hydroxyl groups is 1. The number of ketones is 1. The zero-order valence-corrected chi connectivity index (χ0v) is 28.7. The van der Waals surface area contributed by atoms with Crippen LogP contribution in [-0.4, -0.2) is 76.9 Å². The Labute approximate surface area is 270 Å². The summed E-state index contributed by atoms with van der Waals surface area (Å²) in [5.41, 5.74) is -6.57. The lowest BCUT2D eigenvalue weighted by Gasteiger charge is -2.55. The number of esters is 5. The molecule has 4 aliphatic rings. The lowest BCUT2D eigenvalue weighted by atomic mass is 9.55. The molecule has 11 atom stereocenters. The Morgan fingerprint density at radius 1 is 0.913 bits per heavy atom. The van der Waals surface area contributed by atoms with Crippen LogP contribution in [-0.2, 0) is 52.5 Å². The van der Waals surface area contributed by atoms with E-state index in [0.717, 1.165) is 6.92 Å². The van der Waals surface area contributed by atoms with Crippen LogP contribution in [0.3, 0.4) is 0 Å². The molecular formula is C34H50O12. The van der Waals surface area contributed by atoms with Crippen molar-refractivity contribution < 1.29 is 57.6 Å². The minimum absolute atomic E-state index is 0.000175. The van der Waals surface area contributed by atoms with Crippen molar-refractivity contribution in [2.45, 2.75) is 124 Å². The fraction of sp³-hybridized carbons (Fsp3) is 0.824. The average molecular weight is 651 g/mol. The van der Waals surface area contributed by atoms with Crippen molar-refractivity contribution in [2.24, 2.45) is 46.3 Å². The van der Waals surface area contributed by atoms with Crippen LogP contribution >= 0.6 is 0 Å². The molecule has 0 heterocycles. The van der Waals surface area contributed by atoms with Crippen LogP contribution in [0.2, 0.25) is 0 Å². The molecule has 4 fully saturated rings. The monoisotopic (exact) mass is 650 g/mol. The number of hydrogen-bond donors (Lipinski definition) is 1. The van der Waals surface area contributed by atoms with E-state index in [4.69, 9.17) is 23.7 Å². The van der Waals surface area contributed by atoms with Gasteiger partial charge in [0.2, 0.25) is 5.78 Å². The number of carbonyl (C=O) groups excluding carboxylic acids is 6. The maximum absolute atomic E-state index is 15.1. The second-order valence-electron chi connectivity index (χ2n) is 14.9. The van der Waals surface area contributed by atoms with Gasteiger partial charge in [-0.15, -0.1) is 0 Å².